The predicted octanol–water partition coefficient (Wildman–Crippen LogP) is 7.06. The Bertz CT molecular complexity index is 717. The summed E-state index contributed by atoms with van der Waals surface area (Å²) >= 11 is 3.93. The van der Waals surface area contributed by atoms with Crippen molar-refractivity contribution in [3.8, 4) is 0 Å². The molecular formula is C26H42O2S2. The van der Waals surface area contributed by atoms with Gasteiger partial charge < -0.3 is 10.2 Å². The zero-order valence-corrected chi connectivity index (χ0v) is 21.1. The monoisotopic (exact) mass is 450 g/mol. The van der Waals surface area contributed by atoms with Crippen LogP contribution in [0.4, 0.5) is 0 Å². The van der Waals surface area contributed by atoms with Crippen molar-refractivity contribution in [2.75, 3.05) is 13.2 Å². The van der Waals surface area contributed by atoms with Gasteiger partial charge in [-0.3, -0.25) is 0 Å². The maximum Gasteiger partial charge on any atom is 0.0487 e. The lowest BCUT2D eigenvalue weighted by Gasteiger charge is -2.29. The fraction of sp³-hybridized carbons (Fsp3) is 0.692. The van der Waals surface area contributed by atoms with Gasteiger partial charge in [0.05, 0.1) is 0 Å². The van der Waals surface area contributed by atoms with Crippen molar-refractivity contribution < 1.29 is 10.2 Å². The van der Waals surface area contributed by atoms with Crippen LogP contribution >= 0.6 is 22.7 Å². The second kappa shape index (κ2) is 12.4. The molecule has 0 atom stereocenters. The summed E-state index contributed by atoms with van der Waals surface area (Å²) in [5.74, 6) is 0. The molecule has 0 spiro atoms. The minimum Gasteiger partial charge on any atom is -0.396 e. The van der Waals surface area contributed by atoms with Crippen LogP contribution in [0.25, 0.3) is 0 Å². The Balaban J connectivity index is 1.73. The summed E-state index contributed by atoms with van der Waals surface area (Å²) < 4.78 is 0. The molecule has 2 aromatic heterocycles. The highest BCUT2D eigenvalue weighted by Gasteiger charge is 2.24. The number of aliphatic hydroxyl groups excluding tert-OH is 2. The Kier molecular flexibility index (Phi) is 10.6. The summed E-state index contributed by atoms with van der Waals surface area (Å²) in [6.07, 6.45) is 11.2. The van der Waals surface area contributed by atoms with E-state index in [-0.39, 0.29) is 17.4 Å². The van der Waals surface area contributed by atoms with E-state index >= 15 is 0 Å². The van der Waals surface area contributed by atoms with Gasteiger partial charge in [-0.05, 0) is 99.3 Å². The molecule has 2 aromatic rings. The van der Waals surface area contributed by atoms with Crippen LogP contribution in [0.3, 0.4) is 0 Å². The summed E-state index contributed by atoms with van der Waals surface area (Å²) in [5, 5.41) is 19.1. The van der Waals surface area contributed by atoms with Crippen LogP contribution < -0.4 is 0 Å². The second-order valence-corrected chi connectivity index (χ2v) is 12.1. The van der Waals surface area contributed by atoms with E-state index in [0.29, 0.717) is 6.61 Å². The summed E-state index contributed by atoms with van der Waals surface area (Å²) in [6.45, 7) is 9.27. The standard InChI is InChI=1S/C26H42O2S2/c1-5-26(6-2,20-28)18-8-10-22-12-14-24(30-22)16-15-23-13-11-21(29-23)9-7-17-25(3,4)19-27/h11-14,27-28H,5-10,15-20H2,1-4H3. The largest absolute Gasteiger partial charge is 0.396 e. The van der Waals surface area contributed by atoms with Crippen LogP contribution in [-0.2, 0) is 25.7 Å². The fourth-order valence-corrected chi connectivity index (χ4v) is 6.11. The van der Waals surface area contributed by atoms with E-state index in [4.69, 9.17) is 0 Å². The molecule has 30 heavy (non-hydrogen) atoms. The van der Waals surface area contributed by atoms with E-state index < -0.39 is 0 Å². The zero-order chi connectivity index (χ0) is 22.0. The number of hydrogen-bond acceptors (Lipinski definition) is 4. The van der Waals surface area contributed by atoms with Crippen LogP contribution in [-0.4, -0.2) is 23.4 Å². The van der Waals surface area contributed by atoms with Gasteiger partial charge in [0, 0.05) is 32.7 Å². The van der Waals surface area contributed by atoms with E-state index in [1.165, 1.54) is 25.9 Å². The number of aliphatic hydroxyl groups is 2. The normalized spacial score (nSPS) is 12.6. The topological polar surface area (TPSA) is 40.5 Å². The molecule has 2 rings (SSSR count). The third-order valence-electron chi connectivity index (χ3n) is 6.72. The van der Waals surface area contributed by atoms with Gasteiger partial charge >= 0.3 is 0 Å². The van der Waals surface area contributed by atoms with Gasteiger partial charge in [-0.2, -0.15) is 0 Å². The third-order valence-corrected chi connectivity index (χ3v) is 9.13. The van der Waals surface area contributed by atoms with E-state index in [0.717, 1.165) is 57.8 Å². The van der Waals surface area contributed by atoms with Crippen LogP contribution in [0.15, 0.2) is 24.3 Å². The minimum atomic E-state index is 0.0453. The highest BCUT2D eigenvalue weighted by Crippen LogP contribution is 2.33. The van der Waals surface area contributed by atoms with E-state index in [1.54, 1.807) is 0 Å². The van der Waals surface area contributed by atoms with Gasteiger partial charge in [-0.1, -0.05) is 27.7 Å². The summed E-state index contributed by atoms with van der Waals surface area (Å²) in [4.78, 5) is 5.94. The second-order valence-electron chi connectivity index (χ2n) is 9.63. The molecule has 0 radical (unpaired) electrons. The molecule has 0 aliphatic carbocycles. The highest BCUT2D eigenvalue weighted by atomic mass is 32.1. The van der Waals surface area contributed by atoms with Gasteiger partial charge in [-0.15, -0.1) is 22.7 Å². The Morgan fingerprint density at radius 2 is 1.10 bits per heavy atom. The van der Waals surface area contributed by atoms with Crippen molar-refractivity contribution in [3.05, 3.63) is 43.8 Å². The molecule has 0 fully saturated rings. The first-order valence-electron chi connectivity index (χ1n) is 11.7. The fourth-order valence-electron chi connectivity index (χ4n) is 3.99. The van der Waals surface area contributed by atoms with Gasteiger partial charge in [0.25, 0.3) is 0 Å². The van der Waals surface area contributed by atoms with Crippen LogP contribution in [0.2, 0.25) is 0 Å². The summed E-state index contributed by atoms with van der Waals surface area (Å²) in [5.41, 5.74) is 0.175. The maximum atomic E-state index is 9.75. The molecule has 0 saturated heterocycles. The lowest BCUT2D eigenvalue weighted by Crippen LogP contribution is -2.23. The van der Waals surface area contributed by atoms with Crippen molar-refractivity contribution in [1.82, 2.24) is 0 Å². The third kappa shape index (κ3) is 8.11. The minimum absolute atomic E-state index is 0.0453. The quantitative estimate of drug-likeness (QED) is 0.305. The first-order chi connectivity index (χ1) is 14.3. The molecular weight excluding hydrogens is 408 g/mol. The molecule has 0 amide bonds. The summed E-state index contributed by atoms with van der Waals surface area (Å²) in [7, 11) is 0. The van der Waals surface area contributed by atoms with Gasteiger partial charge in [0.15, 0.2) is 0 Å². The first-order valence-corrected chi connectivity index (χ1v) is 13.4. The van der Waals surface area contributed by atoms with Gasteiger partial charge in [-0.25, -0.2) is 0 Å². The molecule has 0 aromatic carbocycles. The number of hydrogen-bond donors (Lipinski definition) is 2. The van der Waals surface area contributed by atoms with Crippen molar-refractivity contribution in [3.63, 3.8) is 0 Å². The lowest BCUT2D eigenvalue weighted by atomic mass is 9.78. The van der Waals surface area contributed by atoms with Crippen LogP contribution in [0.5, 0.6) is 0 Å². The molecule has 0 aliphatic rings. The number of aryl methyl sites for hydroxylation is 4. The Morgan fingerprint density at radius 3 is 1.50 bits per heavy atom. The van der Waals surface area contributed by atoms with Gasteiger partial charge in [0.1, 0.15) is 0 Å². The highest BCUT2D eigenvalue weighted by molar-refractivity contribution is 7.12. The smallest absolute Gasteiger partial charge is 0.0487 e. The molecule has 170 valence electrons. The van der Waals surface area contributed by atoms with Crippen molar-refractivity contribution >= 4 is 22.7 Å². The van der Waals surface area contributed by atoms with Crippen LogP contribution in [0, 0.1) is 10.8 Å². The Hall–Kier alpha value is -0.680. The molecule has 4 heteroatoms. The molecule has 0 bridgehead atoms. The molecule has 0 unspecified atom stereocenters. The SMILES string of the molecule is CCC(CC)(CO)CCCc1ccc(CCc2ccc(CCCC(C)(C)CO)s2)s1. The van der Waals surface area contributed by atoms with Crippen LogP contribution in [0.1, 0.15) is 85.7 Å². The average Bonchev–Trinajstić information content (AvgIpc) is 3.39. The molecule has 0 saturated carbocycles. The predicted molar refractivity (Wildman–Crippen MR) is 133 cm³/mol. The molecule has 2 N–H and O–H groups in total. The Labute approximate surface area is 192 Å². The van der Waals surface area contributed by atoms with E-state index in [2.05, 4.69) is 52.0 Å². The lowest BCUT2D eigenvalue weighted by molar-refractivity contribution is 0.103. The zero-order valence-electron chi connectivity index (χ0n) is 19.5. The van der Waals surface area contributed by atoms with E-state index in [9.17, 15) is 10.2 Å². The first kappa shape index (κ1) is 25.6. The molecule has 2 heterocycles. The number of thiophene rings is 2. The average molecular weight is 451 g/mol. The maximum absolute atomic E-state index is 9.75. The van der Waals surface area contributed by atoms with Crippen molar-refractivity contribution in [2.24, 2.45) is 10.8 Å². The molecule has 0 aliphatic heterocycles. The van der Waals surface area contributed by atoms with Gasteiger partial charge in [0.2, 0.25) is 0 Å². The Morgan fingerprint density at radius 1 is 0.667 bits per heavy atom. The van der Waals surface area contributed by atoms with E-state index in [1.807, 2.05) is 22.7 Å². The molecule has 2 nitrogen and oxygen atoms in total. The van der Waals surface area contributed by atoms with Crippen molar-refractivity contribution in [2.45, 2.75) is 91.9 Å². The number of rotatable bonds is 15. The van der Waals surface area contributed by atoms with Crippen molar-refractivity contribution in [1.29, 1.82) is 0 Å². The summed E-state index contributed by atoms with van der Waals surface area (Å²) in [6, 6.07) is 9.21.